The zero-order chi connectivity index (χ0) is 17.1. The van der Waals surface area contributed by atoms with Crippen molar-refractivity contribution in [1.82, 2.24) is 14.5 Å². The number of fused-ring (bicyclic) bond motifs is 1. The summed E-state index contributed by atoms with van der Waals surface area (Å²) in [5, 5.41) is 3.29. The van der Waals surface area contributed by atoms with Gasteiger partial charge < -0.3 is 10.1 Å². The zero-order valence-corrected chi connectivity index (χ0v) is 13.7. The first-order valence-electron chi connectivity index (χ1n) is 8.18. The maximum atomic E-state index is 12.6. The Morgan fingerprint density at radius 2 is 2.08 bits per heavy atom. The van der Waals surface area contributed by atoms with E-state index >= 15 is 0 Å². The van der Waals surface area contributed by atoms with E-state index in [2.05, 4.69) is 5.32 Å². The predicted molar refractivity (Wildman–Crippen MR) is 90.1 cm³/mol. The van der Waals surface area contributed by atoms with E-state index in [4.69, 9.17) is 4.74 Å². The molecule has 1 amide bonds. The maximum Gasteiger partial charge on any atom is 0.331 e. The van der Waals surface area contributed by atoms with Gasteiger partial charge in [-0.05, 0) is 25.5 Å². The van der Waals surface area contributed by atoms with E-state index in [0.29, 0.717) is 30.0 Å². The van der Waals surface area contributed by atoms with Crippen LogP contribution in [-0.4, -0.2) is 34.8 Å². The molecule has 0 unspecified atom stereocenters. The normalized spacial score (nSPS) is 17.3. The van der Waals surface area contributed by atoms with Crippen molar-refractivity contribution in [3.63, 3.8) is 0 Å². The van der Waals surface area contributed by atoms with Gasteiger partial charge in [-0.2, -0.15) is 0 Å². The van der Waals surface area contributed by atoms with E-state index in [1.807, 2.05) is 0 Å². The summed E-state index contributed by atoms with van der Waals surface area (Å²) in [6, 6.07) is 6.87. The second kappa shape index (κ2) is 7.00. The fourth-order valence-electron chi connectivity index (χ4n) is 3.00. The molecule has 128 valence electrons. The molecule has 1 N–H and O–H groups in total. The van der Waals surface area contributed by atoms with Crippen LogP contribution < -0.4 is 16.6 Å². The topological polar surface area (TPSA) is 82.3 Å². The highest BCUT2D eigenvalue weighted by molar-refractivity contribution is 5.81. The summed E-state index contributed by atoms with van der Waals surface area (Å²) in [4.78, 5) is 37.2. The Balaban J connectivity index is 1.89. The van der Waals surface area contributed by atoms with Crippen LogP contribution in [0.25, 0.3) is 10.9 Å². The van der Waals surface area contributed by atoms with Crippen molar-refractivity contribution in [1.29, 1.82) is 0 Å². The summed E-state index contributed by atoms with van der Waals surface area (Å²) < 4.78 is 7.80. The van der Waals surface area contributed by atoms with Crippen molar-refractivity contribution < 1.29 is 9.53 Å². The summed E-state index contributed by atoms with van der Waals surface area (Å²) in [7, 11) is 0. The lowest BCUT2D eigenvalue weighted by molar-refractivity contribution is -0.121. The van der Waals surface area contributed by atoms with Gasteiger partial charge in [0.05, 0.1) is 17.5 Å². The molecule has 3 rings (SSSR count). The van der Waals surface area contributed by atoms with E-state index in [1.165, 1.54) is 4.57 Å². The predicted octanol–water partition coefficient (Wildman–Crippen LogP) is 0.336. The maximum absolute atomic E-state index is 12.6. The molecule has 0 saturated carbocycles. The molecule has 1 atom stereocenters. The summed E-state index contributed by atoms with van der Waals surface area (Å²) in [6.07, 6.45) is 0.934. The number of nitrogens with one attached hydrogen (secondary N) is 1. The molecule has 24 heavy (non-hydrogen) atoms. The average Bonchev–Trinajstić information content (AvgIpc) is 3.11. The van der Waals surface area contributed by atoms with Gasteiger partial charge in [0.25, 0.3) is 5.56 Å². The molecule has 2 aromatic rings. The molecule has 0 radical (unpaired) electrons. The number of carbonyl (C=O) groups is 1. The van der Waals surface area contributed by atoms with Crippen LogP contribution in [0.4, 0.5) is 0 Å². The minimum absolute atomic E-state index is 0.104. The molecule has 1 aliphatic heterocycles. The van der Waals surface area contributed by atoms with Crippen molar-refractivity contribution in [3.8, 4) is 0 Å². The van der Waals surface area contributed by atoms with Crippen LogP contribution in [-0.2, 0) is 22.6 Å². The number of nitrogens with zero attached hydrogens (tertiary/aromatic N) is 2. The number of aromatic nitrogens is 2. The van der Waals surface area contributed by atoms with Crippen LogP contribution in [0.2, 0.25) is 0 Å². The Morgan fingerprint density at radius 3 is 2.79 bits per heavy atom. The van der Waals surface area contributed by atoms with Crippen molar-refractivity contribution in [2.75, 3.05) is 19.8 Å². The molecule has 1 aromatic carbocycles. The number of ether oxygens (including phenoxy) is 1. The number of benzene rings is 1. The lowest BCUT2D eigenvalue weighted by Crippen LogP contribution is -2.42. The molecule has 7 heteroatoms. The lowest BCUT2D eigenvalue weighted by atomic mass is 10.1. The molecule has 7 nitrogen and oxygen atoms in total. The lowest BCUT2D eigenvalue weighted by Gasteiger charge is -2.14. The minimum atomic E-state index is -0.458. The third-order valence-corrected chi connectivity index (χ3v) is 4.36. The van der Waals surface area contributed by atoms with Gasteiger partial charge in [-0.25, -0.2) is 4.79 Å². The van der Waals surface area contributed by atoms with Crippen LogP contribution in [0.3, 0.4) is 0 Å². The van der Waals surface area contributed by atoms with Gasteiger partial charge in [-0.1, -0.05) is 12.1 Å². The SMILES string of the molecule is CCn1c(=O)c2ccccc2n(CC(=O)NC[C@@H]2CCOC2)c1=O. The van der Waals surface area contributed by atoms with Gasteiger partial charge in [0.15, 0.2) is 0 Å². The molecule has 1 saturated heterocycles. The van der Waals surface area contributed by atoms with Crippen LogP contribution in [0.5, 0.6) is 0 Å². The van der Waals surface area contributed by atoms with Gasteiger partial charge >= 0.3 is 5.69 Å². The quantitative estimate of drug-likeness (QED) is 0.856. The molecular formula is C17H21N3O4. The highest BCUT2D eigenvalue weighted by Gasteiger charge is 2.18. The number of rotatable bonds is 5. The molecule has 0 spiro atoms. The van der Waals surface area contributed by atoms with Crippen molar-refractivity contribution in [2.45, 2.75) is 26.4 Å². The second-order valence-electron chi connectivity index (χ2n) is 5.97. The number of amides is 1. The molecule has 0 aliphatic carbocycles. The number of hydrogen-bond donors (Lipinski definition) is 1. The second-order valence-corrected chi connectivity index (χ2v) is 5.97. The van der Waals surface area contributed by atoms with E-state index in [1.54, 1.807) is 31.2 Å². The molecular weight excluding hydrogens is 310 g/mol. The monoisotopic (exact) mass is 331 g/mol. The van der Waals surface area contributed by atoms with Crippen molar-refractivity contribution >= 4 is 16.8 Å². The Labute approximate surface area is 138 Å². The Bertz CT molecular complexity index is 862. The molecule has 1 aromatic heterocycles. The van der Waals surface area contributed by atoms with Gasteiger partial charge in [0, 0.05) is 25.6 Å². The third kappa shape index (κ3) is 3.12. The first-order chi connectivity index (χ1) is 11.6. The van der Waals surface area contributed by atoms with Crippen LogP contribution in [0.1, 0.15) is 13.3 Å². The standard InChI is InChI=1S/C17H21N3O4/c1-2-19-16(22)13-5-3-4-6-14(13)20(17(19)23)10-15(21)18-9-12-7-8-24-11-12/h3-6,12H,2,7-11H2,1H3,(H,18,21)/t12-/m0/s1. The largest absolute Gasteiger partial charge is 0.381 e. The highest BCUT2D eigenvalue weighted by Crippen LogP contribution is 2.11. The van der Waals surface area contributed by atoms with Crippen LogP contribution in [0.15, 0.2) is 33.9 Å². The molecule has 1 aliphatic rings. The minimum Gasteiger partial charge on any atom is -0.381 e. The Kier molecular flexibility index (Phi) is 4.80. The van der Waals surface area contributed by atoms with E-state index in [-0.39, 0.29) is 24.6 Å². The van der Waals surface area contributed by atoms with Crippen LogP contribution >= 0.6 is 0 Å². The van der Waals surface area contributed by atoms with E-state index < -0.39 is 5.69 Å². The zero-order valence-electron chi connectivity index (χ0n) is 13.7. The van der Waals surface area contributed by atoms with E-state index in [9.17, 15) is 14.4 Å². The number of para-hydroxylation sites is 1. The fourth-order valence-corrected chi connectivity index (χ4v) is 3.00. The Hall–Kier alpha value is -2.41. The van der Waals surface area contributed by atoms with Crippen LogP contribution in [0, 0.1) is 5.92 Å². The van der Waals surface area contributed by atoms with Gasteiger partial charge in [0.1, 0.15) is 6.54 Å². The summed E-state index contributed by atoms with van der Waals surface area (Å²) in [6.45, 7) is 3.83. The highest BCUT2D eigenvalue weighted by atomic mass is 16.5. The first-order valence-corrected chi connectivity index (χ1v) is 8.18. The summed E-state index contributed by atoms with van der Waals surface area (Å²) in [5.74, 6) is 0.0856. The third-order valence-electron chi connectivity index (χ3n) is 4.36. The Morgan fingerprint density at radius 1 is 1.29 bits per heavy atom. The number of carbonyl (C=O) groups excluding carboxylic acids is 1. The van der Waals surface area contributed by atoms with Gasteiger partial charge in [-0.3, -0.25) is 18.7 Å². The molecule has 2 heterocycles. The van der Waals surface area contributed by atoms with E-state index in [0.717, 1.165) is 17.6 Å². The fraction of sp³-hybridized carbons (Fsp3) is 0.471. The summed E-state index contributed by atoms with van der Waals surface area (Å²) >= 11 is 0. The first kappa shape index (κ1) is 16.4. The van der Waals surface area contributed by atoms with Crippen molar-refractivity contribution in [3.05, 3.63) is 45.1 Å². The van der Waals surface area contributed by atoms with Gasteiger partial charge in [-0.15, -0.1) is 0 Å². The summed E-state index contributed by atoms with van der Waals surface area (Å²) in [5.41, 5.74) is -0.296. The molecule has 0 bridgehead atoms. The molecule has 1 fully saturated rings. The average molecular weight is 331 g/mol. The van der Waals surface area contributed by atoms with Gasteiger partial charge in [0.2, 0.25) is 5.91 Å². The van der Waals surface area contributed by atoms with Crippen molar-refractivity contribution in [2.24, 2.45) is 5.92 Å². The number of hydrogen-bond acceptors (Lipinski definition) is 4. The smallest absolute Gasteiger partial charge is 0.331 e.